The van der Waals surface area contributed by atoms with Gasteiger partial charge in [-0.2, -0.15) is 5.10 Å². The summed E-state index contributed by atoms with van der Waals surface area (Å²) in [5.74, 6) is -1.28. The van der Waals surface area contributed by atoms with Gasteiger partial charge >= 0.3 is 0 Å². The predicted octanol–water partition coefficient (Wildman–Crippen LogP) is 5.80. The number of nitrogens with one attached hydrogen (secondary N) is 1. The molecule has 0 fully saturated rings. The first-order chi connectivity index (χ1) is 17.6. The number of hydrogen-bond acceptors (Lipinski definition) is 4. The first kappa shape index (κ1) is 24.8. The number of nitrogens with zero attached hydrogens (tertiary/aromatic N) is 2. The second-order valence-corrected chi connectivity index (χ2v) is 10.9. The molecule has 10 heteroatoms. The Hall–Kier alpha value is -3.86. The van der Waals surface area contributed by atoms with Gasteiger partial charge in [0, 0.05) is 10.0 Å². The summed E-state index contributed by atoms with van der Waals surface area (Å²) < 4.78 is 41.4. The lowest BCUT2D eigenvalue weighted by Crippen LogP contribution is -2.17. The monoisotopic (exact) mass is 578 g/mol. The SMILES string of the molecule is Cc1cc(C(=O)Nc2ccc(-c3ccccc3S(N)(=O)=O)cc2F)n(-c2ccc3cc(Br)ccc3c2)n1. The zero-order chi connectivity index (χ0) is 26.3. The minimum atomic E-state index is -4.01. The van der Waals surface area contributed by atoms with E-state index >= 15 is 4.39 Å². The number of hydrogen-bond donors (Lipinski definition) is 2. The van der Waals surface area contributed by atoms with Crippen molar-refractivity contribution in [3.63, 3.8) is 0 Å². The van der Waals surface area contributed by atoms with Crippen molar-refractivity contribution in [2.45, 2.75) is 11.8 Å². The van der Waals surface area contributed by atoms with Gasteiger partial charge in [-0.1, -0.05) is 52.3 Å². The van der Waals surface area contributed by atoms with Gasteiger partial charge in [0.25, 0.3) is 5.91 Å². The third kappa shape index (κ3) is 5.04. The van der Waals surface area contributed by atoms with Gasteiger partial charge in [-0.05, 0) is 71.8 Å². The van der Waals surface area contributed by atoms with Crippen LogP contribution in [0.2, 0.25) is 0 Å². The summed E-state index contributed by atoms with van der Waals surface area (Å²) in [6.45, 7) is 1.77. The molecule has 0 spiro atoms. The molecule has 5 rings (SSSR count). The fourth-order valence-electron chi connectivity index (χ4n) is 4.12. The van der Waals surface area contributed by atoms with E-state index in [0.29, 0.717) is 16.9 Å². The van der Waals surface area contributed by atoms with E-state index in [2.05, 4.69) is 26.3 Å². The Bertz CT molecular complexity index is 1800. The molecule has 1 heterocycles. The molecule has 0 aliphatic carbocycles. The lowest BCUT2D eigenvalue weighted by molar-refractivity contribution is 0.101. The summed E-state index contributed by atoms with van der Waals surface area (Å²) in [6, 6.07) is 23.3. The molecule has 1 amide bonds. The van der Waals surface area contributed by atoms with Crippen molar-refractivity contribution in [1.29, 1.82) is 0 Å². The fourth-order valence-corrected chi connectivity index (χ4v) is 5.26. The number of anilines is 1. The highest BCUT2D eigenvalue weighted by atomic mass is 79.9. The highest BCUT2D eigenvalue weighted by molar-refractivity contribution is 9.10. The molecule has 5 aromatic rings. The van der Waals surface area contributed by atoms with Crippen molar-refractivity contribution < 1.29 is 17.6 Å². The van der Waals surface area contributed by atoms with Gasteiger partial charge in [-0.15, -0.1) is 0 Å². The lowest BCUT2D eigenvalue weighted by Gasteiger charge is -2.12. The molecule has 0 atom stereocenters. The molecule has 37 heavy (non-hydrogen) atoms. The fraction of sp³-hybridized carbons (Fsp3) is 0.0370. The Balaban J connectivity index is 1.46. The van der Waals surface area contributed by atoms with Crippen LogP contribution in [0.1, 0.15) is 16.2 Å². The Morgan fingerprint density at radius 2 is 1.70 bits per heavy atom. The number of aromatic nitrogens is 2. The molecule has 3 N–H and O–H groups in total. The number of nitrogens with two attached hydrogens (primary N) is 1. The van der Waals surface area contributed by atoms with E-state index in [-0.39, 0.29) is 21.8 Å². The van der Waals surface area contributed by atoms with Gasteiger partial charge in [0.05, 0.1) is 22.0 Å². The topological polar surface area (TPSA) is 107 Å². The van der Waals surface area contributed by atoms with E-state index in [1.165, 1.54) is 35.0 Å². The van der Waals surface area contributed by atoms with E-state index in [1.807, 2.05) is 36.4 Å². The first-order valence-electron chi connectivity index (χ1n) is 11.1. The highest BCUT2D eigenvalue weighted by Gasteiger charge is 2.19. The van der Waals surface area contributed by atoms with Crippen LogP contribution in [0.4, 0.5) is 10.1 Å². The maximum atomic E-state index is 15.1. The zero-order valence-corrected chi connectivity index (χ0v) is 21.8. The van der Waals surface area contributed by atoms with E-state index in [4.69, 9.17) is 5.14 Å². The van der Waals surface area contributed by atoms with Gasteiger partial charge in [0.15, 0.2) is 0 Å². The van der Waals surface area contributed by atoms with E-state index in [0.717, 1.165) is 21.3 Å². The molecule has 0 unspecified atom stereocenters. The first-order valence-corrected chi connectivity index (χ1v) is 13.4. The summed E-state index contributed by atoms with van der Waals surface area (Å²) in [4.78, 5) is 13.1. The molecule has 0 aliphatic heterocycles. The number of carbonyl (C=O) groups excluding carboxylic acids is 1. The molecule has 0 radical (unpaired) electrons. The van der Waals surface area contributed by atoms with E-state index < -0.39 is 21.7 Å². The van der Waals surface area contributed by atoms with Crippen molar-refractivity contribution in [3.8, 4) is 16.8 Å². The van der Waals surface area contributed by atoms with Gasteiger partial charge in [0.2, 0.25) is 10.0 Å². The maximum absolute atomic E-state index is 15.1. The highest BCUT2D eigenvalue weighted by Crippen LogP contribution is 2.30. The minimum Gasteiger partial charge on any atom is -0.318 e. The quantitative estimate of drug-likeness (QED) is 0.274. The van der Waals surface area contributed by atoms with Crippen molar-refractivity contribution >= 4 is 48.3 Å². The lowest BCUT2D eigenvalue weighted by atomic mass is 10.0. The summed E-state index contributed by atoms with van der Waals surface area (Å²) in [7, 11) is -4.01. The molecule has 4 aromatic carbocycles. The number of aryl methyl sites for hydroxylation is 1. The second-order valence-electron chi connectivity index (χ2n) is 8.45. The van der Waals surface area contributed by atoms with Crippen molar-refractivity contribution in [2.24, 2.45) is 5.14 Å². The summed E-state index contributed by atoms with van der Waals surface area (Å²) in [5, 5.41) is 14.4. The van der Waals surface area contributed by atoms with Crippen LogP contribution in [0.3, 0.4) is 0 Å². The zero-order valence-electron chi connectivity index (χ0n) is 19.4. The standard InChI is InChI=1S/C27H20BrFN4O3S/c1-16-12-25(33(32-16)21-10-7-17-13-20(28)9-6-18(17)14-21)27(34)31-24-11-8-19(15-23(24)29)22-4-2-3-5-26(22)37(30,35)36/h2-15H,1H3,(H,31,34)(H2,30,35,36). The number of sulfonamides is 1. The molecule has 0 saturated heterocycles. The minimum absolute atomic E-state index is 0.0596. The van der Waals surface area contributed by atoms with Gasteiger partial charge < -0.3 is 5.32 Å². The van der Waals surface area contributed by atoms with Crippen LogP contribution in [0.25, 0.3) is 27.6 Å². The normalized spacial score (nSPS) is 11.6. The molecule has 186 valence electrons. The number of primary sulfonamides is 1. The molecule has 0 bridgehead atoms. The average molecular weight is 579 g/mol. The third-order valence-corrected chi connectivity index (χ3v) is 7.28. The Morgan fingerprint density at radius 1 is 0.973 bits per heavy atom. The van der Waals surface area contributed by atoms with Crippen LogP contribution in [0, 0.1) is 12.7 Å². The summed E-state index contributed by atoms with van der Waals surface area (Å²) >= 11 is 3.46. The number of rotatable bonds is 5. The van der Waals surface area contributed by atoms with Crippen LogP contribution in [-0.2, 0) is 10.0 Å². The molecule has 0 aliphatic rings. The van der Waals surface area contributed by atoms with E-state index in [9.17, 15) is 13.2 Å². The molecule has 1 aromatic heterocycles. The predicted molar refractivity (Wildman–Crippen MR) is 145 cm³/mol. The average Bonchev–Trinajstić information content (AvgIpc) is 3.26. The molecular weight excluding hydrogens is 559 g/mol. The van der Waals surface area contributed by atoms with Crippen LogP contribution in [0.5, 0.6) is 0 Å². The van der Waals surface area contributed by atoms with Crippen LogP contribution < -0.4 is 10.5 Å². The summed E-state index contributed by atoms with van der Waals surface area (Å²) in [6.07, 6.45) is 0. The second kappa shape index (κ2) is 9.55. The Kier molecular flexibility index (Phi) is 6.40. The maximum Gasteiger partial charge on any atom is 0.274 e. The van der Waals surface area contributed by atoms with Gasteiger partial charge in [-0.25, -0.2) is 22.6 Å². The number of benzene rings is 4. The smallest absolute Gasteiger partial charge is 0.274 e. The van der Waals surface area contributed by atoms with Crippen molar-refractivity contribution in [2.75, 3.05) is 5.32 Å². The molecule has 7 nitrogen and oxygen atoms in total. The summed E-state index contributed by atoms with van der Waals surface area (Å²) in [5.41, 5.74) is 2.05. The van der Waals surface area contributed by atoms with Crippen molar-refractivity contribution in [1.82, 2.24) is 9.78 Å². The van der Waals surface area contributed by atoms with Crippen LogP contribution in [-0.4, -0.2) is 24.1 Å². The van der Waals surface area contributed by atoms with Crippen LogP contribution in [0.15, 0.2) is 94.3 Å². The Morgan fingerprint density at radius 3 is 2.46 bits per heavy atom. The number of fused-ring (bicyclic) bond motifs is 1. The van der Waals surface area contributed by atoms with Gasteiger partial charge in [-0.3, -0.25) is 4.79 Å². The van der Waals surface area contributed by atoms with Crippen LogP contribution >= 0.6 is 15.9 Å². The third-order valence-electron chi connectivity index (χ3n) is 5.82. The van der Waals surface area contributed by atoms with Crippen molar-refractivity contribution in [3.05, 3.63) is 107 Å². The van der Waals surface area contributed by atoms with Gasteiger partial charge in [0.1, 0.15) is 11.5 Å². The number of halogens is 2. The molecular formula is C27H20BrFN4O3S. The number of carbonyl (C=O) groups is 1. The largest absolute Gasteiger partial charge is 0.318 e. The van der Waals surface area contributed by atoms with E-state index in [1.54, 1.807) is 19.1 Å². The molecule has 0 saturated carbocycles. The number of amides is 1. The Labute approximate surface area is 220 Å².